The van der Waals surface area contributed by atoms with E-state index in [1.54, 1.807) is 18.5 Å². The lowest BCUT2D eigenvalue weighted by Crippen LogP contribution is -2.45. The predicted octanol–water partition coefficient (Wildman–Crippen LogP) is 4.21. The number of hydrogen-bond acceptors (Lipinski definition) is 8. The van der Waals surface area contributed by atoms with Crippen LogP contribution in [0.15, 0.2) is 40.5 Å². The number of aliphatic hydroxyl groups is 1. The second-order valence-corrected chi connectivity index (χ2v) is 10.8. The highest BCUT2D eigenvalue weighted by molar-refractivity contribution is 7.99. The van der Waals surface area contributed by atoms with Crippen molar-refractivity contribution in [2.24, 2.45) is 11.1 Å². The van der Waals surface area contributed by atoms with Crippen LogP contribution in [0.3, 0.4) is 0 Å². The van der Waals surface area contributed by atoms with Crippen LogP contribution >= 0.6 is 23.4 Å². The number of aryl methyl sites for hydroxylation is 2. The number of benzene rings is 1. The largest absolute Gasteiger partial charge is 0.390 e. The van der Waals surface area contributed by atoms with Crippen molar-refractivity contribution in [3.8, 4) is 0 Å². The maximum absolute atomic E-state index is 10.0. The quantitative estimate of drug-likeness (QED) is 0.492. The first-order valence-corrected chi connectivity index (χ1v) is 12.7. The van der Waals surface area contributed by atoms with Gasteiger partial charge in [0.1, 0.15) is 16.5 Å². The lowest BCUT2D eigenvalue weighted by atomic mass is 9.73. The number of pyridine rings is 1. The molecule has 34 heavy (non-hydrogen) atoms. The van der Waals surface area contributed by atoms with Gasteiger partial charge in [0.2, 0.25) is 0 Å². The molecule has 1 atom stereocenters. The van der Waals surface area contributed by atoms with Gasteiger partial charge in [-0.2, -0.15) is 0 Å². The van der Waals surface area contributed by atoms with Crippen LogP contribution in [0, 0.1) is 19.3 Å². The van der Waals surface area contributed by atoms with Crippen molar-refractivity contribution in [3.63, 3.8) is 0 Å². The summed E-state index contributed by atoms with van der Waals surface area (Å²) in [5.74, 6) is 1.01. The molecule has 1 aliphatic heterocycles. The number of aromatic nitrogens is 3. The first-order chi connectivity index (χ1) is 16.3. The smallest absolute Gasteiger partial charge is 0.152 e. The third-order valence-electron chi connectivity index (χ3n) is 7.40. The van der Waals surface area contributed by atoms with E-state index in [2.05, 4.69) is 45.8 Å². The van der Waals surface area contributed by atoms with E-state index in [9.17, 15) is 5.11 Å². The highest BCUT2D eigenvalue weighted by Crippen LogP contribution is 2.51. The summed E-state index contributed by atoms with van der Waals surface area (Å²) in [5.41, 5.74) is 18.6. The van der Waals surface area contributed by atoms with E-state index < -0.39 is 0 Å². The highest BCUT2D eigenvalue weighted by Gasteiger charge is 2.46. The molecule has 1 aromatic carbocycles. The Labute approximate surface area is 209 Å². The van der Waals surface area contributed by atoms with Crippen molar-refractivity contribution in [3.05, 3.63) is 63.6 Å². The van der Waals surface area contributed by atoms with Gasteiger partial charge >= 0.3 is 0 Å². The van der Waals surface area contributed by atoms with E-state index in [-0.39, 0.29) is 23.9 Å². The van der Waals surface area contributed by atoms with Gasteiger partial charge in [-0.05, 0) is 66.8 Å². The second-order valence-electron chi connectivity index (χ2n) is 9.39. The number of anilines is 2. The molecule has 2 aliphatic rings. The maximum Gasteiger partial charge on any atom is 0.152 e. The third-order valence-corrected chi connectivity index (χ3v) is 8.87. The fourth-order valence-corrected chi connectivity index (χ4v) is 6.30. The molecule has 7 nitrogen and oxygen atoms in total. The summed E-state index contributed by atoms with van der Waals surface area (Å²) in [7, 11) is 0. The molecule has 1 fully saturated rings. The zero-order valence-electron chi connectivity index (χ0n) is 19.4. The van der Waals surface area contributed by atoms with Crippen LogP contribution in [0.5, 0.6) is 0 Å². The minimum Gasteiger partial charge on any atom is -0.390 e. The van der Waals surface area contributed by atoms with Crippen molar-refractivity contribution in [2.75, 3.05) is 23.7 Å². The minimum atomic E-state index is -0.186. The Hall–Kier alpha value is -2.39. The molecule has 9 heteroatoms. The van der Waals surface area contributed by atoms with Crippen LogP contribution in [0.25, 0.3) is 0 Å². The molecule has 5 N–H and O–H groups in total. The molecular weight excluding hydrogens is 468 g/mol. The summed E-state index contributed by atoms with van der Waals surface area (Å²) in [6.07, 6.45) is 6.32. The van der Waals surface area contributed by atoms with Crippen molar-refractivity contribution in [1.29, 1.82) is 0 Å². The fraction of sp³-hybridized carbons (Fsp3) is 0.400. The Balaban J connectivity index is 1.33. The highest BCUT2D eigenvalue weighted by atomic mass is 35.5. The van der Waals surface area contributed by atoms with E-state index in [1.807, 2.05) is 0 Å². The molecule has 0 bridgehead atoms. The van der Waals surface area contributed by atoms with Crippen molar-refractivity contribution < 1.29 is 5.11 Å². The molecule has 1 aliphatic carbocycles. The normalized spacial score (nSPS) is 19.0. The van der Waals surface area contributed by atoms with Crippen LogP contribution in [-0.4, -0.2) is 33.1 Å². The molecule has 0 unspecified atom stereocenters. The zero-order valence-corrected chi connectivity index (χ0v) is 21.0. The molecule has 3 heterocycles. The Kier molecular flexibility index (Phi) is 6.18. The van der Waals surface area contributed by atoms with Gasteiger partial charge in [0.25, 0.3) is 0 Å². The summed E-state index contributed by atoms with van der Waals surface area (Å²) in [4.78, 5) is 16.3. The monoisotopic (exact) mass is 496 g/mol. The number of rotatable bonds is 4. The molecule has 1 saturated heterocycles. The van der Waals surface area contributed by atoms with Crippen molar-refractivity contribution in [1.82, 2.24) is 15.0 Å². The van der Waals surface area contributed by atoms with Gasteiger partial charge in [-0.25, -0.2) is 15.0 Å². The average molecular weight is 497 g/mol. The number of nitrogens with two attached hydrogens (primary N) is 2. The standard InChI is InChI=1S/C25H29ClN6OS/c1-14-9-16-11-25(22(27)17(16)10-15(14)2)4-7-32(8-5-25)24-18(13-33)31-20(12-30-24)34-19-3-6-29-23(28)21(19)26/h3,6,9-10,12,22,33H,4-5,7-8,11,13,27H2,1-2H3,(H2,28,29)/t22-/m1/s1. The number of nitrogens with zero attached hydrogens (tertiary/aromatic N) is 4. The van der Waals surface area contributed by atoms with E-state index in [0.717, 1.165) is 43.1 Å². The molecular formula is C25H29ClN6OS. The molecule has 0 amide bonds. The zero-order chi connectivity index (χ0) is 24.0. The first-order valence-electron chi connectivity index (χ1n) is 11.5. The van der Waals surface area contributed by atoms with Crippen LogP contribution < -0.4 is 16.4 Å². The summed E-state index contributed by atoms with van der Waals surface area (Å²) >= 11 is 7.62. The number of aliphatic hydroxyl groups excluding tert-OH is 1. The molecule has 5 rings (SSSR count). The summed E-state index contributed by atoms with van der Waals surface area (Å²) in [6.45, 7) is 5.81. The fourth-order valence-electron chi connectivity index (χ4n) is 5.27. The first kappa shape index (κ1) is 23.4. The number of halogens is 1. The molecule has 1 spiro atoms. The number of fused-ring (bicyclic) bond motifs is 1. The Morgan fingerprint density at radius 3 is 2.68 bits per heavy atom. The molecule has 0 radical (unpaired) electrons. The van der Waals surface area contributed by atoms with Gasteiger partial charge < -0.3 is 21.5 Å². The van der Waals surface area contributed by atoms with E-state index >= 15 is 0 Å². The Morgan fingerprint density at radius 2 is 1.94 bits per heavy atom. The topological polar surface area (TPSA) is 114 Å². The molecule has 3 aromatic rings. The second kappa shape index (κ2) is 9.00. The van der Waals surface area contributed by atoms with Gasteiger partial charge in [0.05, 0.1) is 17.8 Å². The van der Waals surface area contributed by atoms with Gasteiger partial charge in [0.15, 0.2) is 5.82 Å². The third kappa shape index (κ3) is 4.02. The molecule has 0 saturated carbocycles. The Bertz CT molecular complexity index is 1240. The number of nitrogen functional groups attached to an aromatic ring is 1. The summed E-state index contributed by atoms with van der Waals surface area (Å²) in [5, 5.41) is 11.1. The van der Waals surface area contributed by atoms with Gasteiger partial charge in [-0.15, -0.1) is 0 Å². The summed E-state index contributed by atoms with van der Waals surface area (Å²) in [6, 6.07) is 6.45. The van der Waals surface area contributed by atoms with E-state index in [4.69, 9.17) is 23.1 Å². The lowest BCUT2D eigenvalue weighted by molar-refractivity contribution is 0.186. The van der Waals surface area contributed by atoms with Crippen LogP contribution in [0.1, 0.15) is 46.8 Å². The average Bonchev–Trinajstić information content (AvgIpc) is 3.08. The lowest BCUT2D eigenvalue weighted by Gasteiger charge is -2.42. The predicted molar refractivity (Wildman–Crippen MR) is 136 cm³/mol. The number of hydrogen-bond donors (Lipinski definition) is 3. The Morgan fingerprint density at radius 1 is 1.21 bits per heavy atom. The van der Waals surface area contributed by atoms with Gasteiger partial charge in [-0.3, -0.25) is 0 Å². The number of piperidine rings is 1. The SMILES string of the molecule is Cc1cc2c(cc1C)[C@@H](N)C1(CCN(c3ncc(Sc4ccnc(N)c4Cl)nc3CO)CC1)C2. The van der Waals surface area contributed by atoms with E-state index in [0.29, 0.717) is 15.7 Å². The van der Waals surface area contributed by atoms with Gasteiger partial charge in [0, 0.05) is 30.2 Å². The van der Waals surface area contributed by atoms with Crippen LogP contribution in [-0.2, 0) is 13.0 Å². The van der Waals surface area contributed by atoms with Crippen molar-refractivity contribution in [2.45, 2.75) is 55.7 Å². The maximum atomic E-state index is 10.0. The van der Waals surface area contributed by atoms with Crippen LogP contribution in [0.2, 0.25) is 5.02 Å². The van der Waals surface area contributed by atoms with Crippen molar-refractivity contribution >= 4 is 35.0 Å². The van der Waals surface area contributed by atoms with Gasteiger partial charge in [-0.1, -0.05) is 35.5 Å². The molecule has 178 valence electrons. The minimum absolute atomic E-state index is 0.0590. The molecule has 2 aromatic heterocycles. The summed E-state index contributed by atoms with van der Waals surface area (Å²) < 4.78 is 0. The van der Waals surface area contributed by atoms with Crippen LogP contribution in [0.4, 0.5) is 11.6 Å². The van der Waals surface area contributed by atoms with E-state index in [1.165, 1.54) is 34.0 Å².